The van der Waals surface area contributed by atoms with Crippen LogP contribution in [0.5, 0.6) is 5.75 Å². The van der Waals surface area contributed by atoms with Crippen LogP contribution in [0.15, 0.2) is 42.5 Å². The lowest BCUT2D eigenvalue weighted by atomic mass is 9.98. The van der Waals surface area contributed by atoms with Crippen molar-refractivity contribution in [1.29, 1.82) is 0 Å². The second-order valence-electron chi connectivity index (χ2n) is 5.38. The third-order valence-electron chi connectivity index (χ3n) is 3.58. The van der Waals surface area contributed by atoms with Crippen molar-refractivity contribution in [2.24, 2.45) is 5.73 Å². The molecule has 0 bridgehead atoms. The average Bonchev–Trinajstić information content (AvgIpc) is 2.64. The molecule has 2 aromatic carbocycles. The summed E-state index contributed by atoms with van der Waals surface area (Å²) in [5.41, 5.74) is 4.65. The Kier molecular flexibility index (Phi) is 6.40. The number of ketones is 1. The van der Waals surface area contributed by atoms with E-state index in [4.69, 9.17) is 15.2 Å². The van der Waals surface area contributed by atoms with Gasteiger partial charge in [0.15, 0.2) is 0 Å². The third kappa shape index (κ3) is 4.42. The molecule has 26 heavy (non-hydrogen) atoms. The first-order valence-corrected chi connectivity index (χ1v) is 7.79. The second kappa shape index (κ2) is 8.72. The van der Waals surface area contributed by atoms with Crippen LogP contribution in [0.3, 0.4) is 0 Å². The number of benzene rings is 2. The molecule has 0 aliphatic heterocycles. The second-order valence-corrected chi connectivity index (χ2v) is 5.38. The number of hydrogen-bond acceptors (Lipinski definition) is 6. The Morgan fingerprint density at radius 3 is 2.38 bits per heavy atom. The van der Waals surface area contributed by atoms with Gasteiger partial charge in [0, 0.05) is 37.3 Å². The minimum absolute atomic E-state index is 0.0574. The molecule has 0 heterocycles. The highest BCUT2D eigenvalue weighted by Gasteiger charge is 2.28. The molecule has 1 amide bonds. The fraction of sp³-hybridized carbons (Fsp3) is 0.222. The summed E-state index contributed by atoms with van der Waals surface area (Å²) in [6.07, 6.45) is 0.504. The van der Waals surface area contributed by atoms with E-state index in [9.17, 15) is 19.7 Å². The smallest absolute Gasteiger partial charge is 0.285 e. The zero-order chi connectivity index (χ0) is 19.1. The highest BCUT2D eigenvalue weighted by Crippen LogP contribution is 2.33. The molecule has 0 fully saturated rings. The van der Waals surface area contributed by atoms with Gasteiger partial charge in [0.25, 0.3) is 5.69 Å². The first-order chi connectivity index (χ1) is 12.5. The minimum Gasteiger partial charge on any atom is -0.492 e. The number of hydrogen-bond donors (Lipinski definition) is 1. The maximum atomic E-state index is 12.8. The SMILES string of the molecule is COCCCOc1cc(C(N)=O)cc([N+](=O)[O-])c1C(=O)c1ccccc1. The molecule has 2 rings (SSSR count). The topological polar surface area (TPSA) is 122 Å². The molecule has 0 spiro atoms. The number of rotatable bonds is 9. The molecule has 2 N–H and O–H groups in total. The van der Waals surface area contributed by atoms with Crippen LogP contribution >= 0.6 is 0 Å². The quantitative estimate of drug-likeness (QED) is 0.318. The first-order valence-electron chi connectivity index (χ1n) is 7.79. The van der Waals surface area contributed by atoms with E-state index in [1.165, 1.54) is 13.2 Å². The largest absolute Gasteiger partial charge is 0.492 e. The fourth-order valence-corrected chi connectivity index (χ4v) is 2.35. The number of nitro benzene ring substituents is 1. The Labute approximate surface area is 149 Å². The molecule has 0 saturated carbocycles. The van der Waals surface area contributed by atoms with E-state index >= 15 is 0 Å². The highest BCUT2D eigenvalue weighted by atomic mass is 16.6. The van der Waals surface area contributed by atoms with Crippen molar-refractivity contribution < 1.29 is 24.0 Å². The first kappa shape index (κ1) is 19.1. The van der Waals surface area contributed by atoms with Gasteiger partial charge in [0.2, 0.25) is 11.7 Å². The minimum atomic E-state index is -0.853. The van der Waals surface area contributed by atoms with Crippen LogP contribution in [0.1, 0.15) is 32.7 Å². The predicted molar refractivity (Wildman–Crippen MR) is 93.5 cm³/mol. The summed E-state index contributed by atoms with van der Waals surface area (Å²) in [4.78, 5) is 35.1. The van der Waals surface area contributed by atoms with Crippen molar-refractivity contribution in [1.82, 2.24) is 0 Å². The maximum Gasteiger partial charge on any atom is 0.285 e. The Morgan fingerprint density at radius 1 is 1.12 bits per heavy atom. The fourth-order valence-electron chi connectivity index (χ4n) is 2.35. The Morgan fingerprint density at radius 2 is 1.81 bits per heavy atom. The molecule has 2 aromatic rings. The van der Waals surface area contributed by atoms with Crippen molar-refractivity contribution in [3.63, 3.8) is 0 Å². The van der Waals surface area contributed by atoms with Crippen LogP contribution in [-0.4, -0.2) is 36.9 Å². The number of ether oxygens (including phenoxy) is 2. The normalized spacial score (nSPS) is 10.3. The highest BCUT2D eigenvalue weighted by molar-refractivity contribution is 6.14. The molecule has 0 atom stereocenters. The molecular formula is C18H18N2O6. The number of amides is 1. The molecule has 0 aliphatic rings. The Bertz CT molecular complexity index is 820. The number of nitrogens with zero attached hydrogens (tertiary/aromatic N) is 1. The standard InChI is InChI=1S/C18H18N2O6/c1-25-8-5-9-26-15-11-13(18(19)22)10-14(20(23)24)16(15)17(21)12-6-3-2-4-7-12/h2-4,6-7,10-11H,5,8-9H2,1H3,(H2,19,22). The molecule has 0 aromatic heterocycles. The van der Waals surface area contributed by atoms with Crippen LogP contribution in [0.25, 0.3) is 0 Å². The number of primary amides is 1. The van der Waals surface area contributed by atoms with Gasteiger partial charge in [-0.05, 0) is 6.07 Å². The summed E-state index contributed by atoms with van der Waals surface area (Å²) in [5, 5.41) is 11.5. The molecule has 0 saturated heterocycles. The van der Waals surface area contributed by atoms with Gasteiger partial charge in [-0.15, -0.1) is 0 Å². The van der Waals surface area contributed by atoms with Crippen molar-refractivity contribution in [2.45, 2.75) is 6.42 Å². The zero-order valence-corrected chi connectivity index (χ0v) is 14.1. The lowest BCUT2D eigenvalue weighted by molar-refractivity contribution is -0.385. The van der Waals surface area contributed by atoms with E-state index < -0.39 is 22.3 Å². The van der Waals surface area contributed by atoms with Gasteiger partial charge in [0.1, 0.15) is 11.3 Å². The van der Waals surface area contributed by atoms with Crippen LogP contribution < -0.4 is 10.5 Å². The van der Waals surface area contributed by atoms with Crippen LogP contribution in [0.2, 0.25) is 0 Å². The van der Waals surface area contributed by atoms with E-state index in [2.05, 4.69) is 0 Å². The monoisotopic (exact) mass is 358 g/mol. The number of carbonyl (C=O) groups is 2. The number of nitrogens with two attached hydrogens (primary N) is 1. The molecule has 136 valence electrons. The van der Waals surface area contributed by atoms with E-state index in [-0.39, 0.29) is 29.0 Å². The predicted octanol–water partition coefficient (Wildman–Crippen LogP) is 2.34. The summed E-state index contributed by atoms with van der Waals surface area (Å²) < 4.78 is 10.5. The van der Waals surface area contributed by atoms with Crippen molar-refractivity contribution in [3.05, 3.63) is 69.3 Å². The average molecular weight is 358 g/mol. The molecule has 8 nitrogen and oxygen atoms in total. The van der Waals surface area contributed by atoms with Gasteiger partial charge in [0.05, 0.1) is 11.5 Å². The van der Waals surface area contributed by atoms with Crippen molar-refractivity contribution >= 4 is 17.4 Å². The van der Waals surface area contributed by atoms with E-state index in [1.807, 2.05) is 0 Å². The Balaban J connectivity index is 2.55. The third-order valence-corrected chi connectivity index (χ3v) is 3.58. The summed E-state index contributed by atoms with van der Waals surface area (Å²) in [6, 6.07) is 10.3. The van der Waals surface area contributed by atoms with Crippen LogP contribution in [-0.2, 0) is 4.74 Å². The van der Waals surface area contributed by atoms with Gasteiger partial charge in [-0.3, -0.25) is 19.7 Å². The lowest BCUT2D eigenvalue weighted by Crippen LogP contribution is -2.15. The number of carbonyl (C=O) groups excluding carboxylic acids is 2. The number of methoxy groups -OCH3 is 1. The summed E-state index contributed by atoms with van der Waals surface area (Å²) in [7, 11) is 1.53. The summed E-state index contributed by atoms with van der Waals surface area (Å²) in [6.45, 7) is 0.571. The van der Waals surface area contributed by atoms with Crippen molar-refractivity contribution in [2.75, 3.05) is 20.3 Å². The summed E-state index contributed by atoms with van der Waals surface area (Å²) in [5.74, 6) is -1.48. The van der Waals surface area contributed by atoms with Gasteiger partial charge in [-0.2, -0.15) is 0 Å². The van der Waals surface area contributed by atoms with Gasteiger partial charge < -0.3 is 15.2 Å². The van der Waals surface area contributed by atoms with E-state index in [1.54, 1.807) is 30.3 Å². The number of nitro groups is 1. The van der Waals surface area contributed by atoms with Crippen LogP contribution in [0.4, 0.5) is 5.69 Å². The molecule has 0 radical (unpaired) electrons. The lowest BCUT2D eigenvalue weighted by Gasteiger charge is -2.13. The maximum absolute atomic E-state index is 12.8. The molecular weight excluding hydrogens is 340 g/mol. The van der Waals surface area contributed by atoms with Gasteiger partial charge in [-0.1, -0.05) is 30.3 Å². The van der Waals surface area contributed by atoms with Gasteiger partial charge in [-0.25, -0.2) is 0 Å². The molecule has 0 aliphatic carbocycles. The zero-order valence-electron chi connectivity index (χ0n) is 14.1. The van der Waals surface area contributed by atoms with E-state index in [0.717, 1.165) is 6.07 Å². The van der Waals surface area contributed by atoms with Crippen molar-refractivity contribution in [3.8, 4) is 5.75 Å². The van der Waals surface area contributed by atoms with Gasteiger partial charge >= 0.3 is 0 Å². The molecule has 0 unspecified atom stereocenters. The molecule has 8 heteroatoms. The van der Waals surface area contributed by atoms with E-state index in [0.29, 0.717) is 13.0 Å². The Hall–Kier alpha value is -3.26. The summed E-state index contributed by atoms with van der Waals surface area (Å²) >= 11 is 0. The van der Waals surface area contributed by atoms with Crippen LogP contribution in [0, 0.1) is 10.1 Å².